The van der Waals surface area contributed by atoms with E-state index in [1.165, 1.54) is 4.90 Å². The van der Waals surface area contributed by atoms with Gasteiger partial charge in [-0.3, -0.25) is 14.5 Å². The molecule has 0 aromatic heterocycles. The van der Waals surface area contributed by atoms with Gasteiger partial charge in [-0.25, -0.2) is 4.79 Å². The number of amides is 4. The molecule has 172 valence electrons. The molecule has 9 heteroatoms. The highest BCUT2D eigenvalue weighted by molar-refractivity contribution is 6.31. The van der Waals surface area contributed by atoms with Crippen LogP contribution >= 0.6 is 11.6 Å². The SMILES string of the molecule is CC(C)C[C@@H](C(=O)N1CCOCC1)N1CC2=C(C1=O)[C@@H](c1ccccc1Cl)NC(=O)N2C. The van der Waals surface area contributed by atoms with Crippen molar-refractivity contribution in [2.45, 2.75) is 32.4 Å². The summed E-state index contributed by atoms with van der Waals surface area (Å²) in [5.41, 5.74) is 1.76. The van der Waals surface area contributed by atoms with E-state index in [2.05, 4.69) is 5.32 Å². The zero-order chi connectivity index (χ0) is 23.0. The van der Waals surface area contributed by atoms with E-state index in [-0.39, 0.29) is 30.3 Å². The third-order valence-electron chi connectivity index (χ3n) is 6.28. The first-order chi connectivity index (χ1) is 15.3. The molecule has 8 nitrogen and oxygen atoms in total. The molecule has 1 saturated heterocycles. The summed E-state index contributed by atoms with van der Waals surface area (Å²) in [6, 6.07) is 5.63. The number of halogens is 1. The van der Waals surface area contributed by atoms with Crippen LogP contribution in [0.25, 0.3) is 0 Å². The summed E-state index contributed by atoms with van der Waals surface area (Å²) in [5, 5.41) is 3.38. The molecule has 4 rings (SSSR count). The van der Waals surface area contributed by atoms with Crippen LogP contribution in [0.15, 0.2) is 35.5 Å². The van der Waals surface area contributed by atoms with Gasteiger partial charge in [0.2, 0.25) is 5.91 Å². The van der Waals surface area contributed by atoms with Gasteiger partial charge in [-0.2, -0.15) is 0 Å². The van der Waals surface area contributed by atoms with Gasteiger partial charge in [0, 0.05) is 25.2 Å². The van der Waals surface area contributed by atoms with E-state index < -0.39 is 12.1 Å². The Balaban J connectivity index is 1.68. The second kappa shape index (κ2) is 9.11. The van der Waals surface area contributed by atoms with Crippen LogP contribution in [0.4, 0.5) is 4.79 Å². The molecular formula is C23H29ClN4O4. The monoisotopic (exact) mass is 460 g/mol. The fourth-order valence-corrected chi connectivity index (χ4v) is 4.83. The van der Waals surface area contributed by atoms with Gasteiger partial charge in [0.25, 0.3) is 5.91 Å². The maximum Gasteiger partial charge on any atom is 0.322 e. The molecule has 0 unspecified atom stereocenters. The molecule has 1 N–H and O–H groups in total. The van der Waals surface area contributed by atoms with Crippen molar-refractivity contribution in [3.05, 3.63) is 46.1 Å². The molecule has 0 saturated carbocycles. The van der Waals surface area contributed by atoms with Gasteiger partial charge in [-0.15, -0.1) is 0 Å². The number of carbonyl (C=O) groups is 3. The van der Waals surface area contributed by atoms with Crippen LogP contribution in [0.5, 0.6) is 0 Å². The number of nitrogens with zero attached hydrogens (tertiary/aromatic N) is 3. The Hall–Kier alpha value is -2.58. The van der Waals surface area contributed by atoms with Crippen molar-refractivity contribution in [3.8, 4) is 0 Å². The van der Waals surface area contributed by atoms with Gasteiger partial charge in [-0.1, -0.05) is 43.6 Å². The van der Waals surface area contributed by atoms with Crippen LogP contribution in [0.3, 0.4) is 0 Å². The van der Waals surface area contributed by atoms with Gasteiger partial charge in [-0.05, 0) is 24.0 Å². The third-order valence-corrected chi connectivity index (χ3v) is 6.63. The molecule has 3 aliphatic heterocycles. The van der Waals surface area contributed by atoms with Gasteiger partial charge in [0.15, 0.2) is 0 Å². The summed E-state index contributed by atoms with van der Waals surface area (Å²) in [7, 11) is 1.64. The molecule has 2 atom stereocenters. The highest BCUT2D eigenvalue weighted by atomic mass is 35.5. The fraction of sp³-hybridized carbons (Fsp3) is 0.522. The smallest absolute Gasteiger partial charge is 0.322 e. The van der Waals surface area contributed by atoms with Crippen LogP contribution in [0.2, 0.25) is 5.02 Å². The molecule has 32 heavy (non-hydrogen) atoms. The van der Waals surface area contributed by atoms with Crippen LogP contribution in [0, 0.1) is 5.92 Å². The van der Waals surface area contributed by atoms with Gasteiger partial charge >= 0.3 is 6.03 Å². The molecule has 4 amide bonds. The first kappa shape index (κ1) is 22.6. The lowest BCUT2D eigenvalue weighted by Gasteiger charge is -2.35. The van der Waals surface area contributed by atoms with Crippen molar-refractivity contribution >= 4 is 29.4 Å². The molecule has 3 aliphatic rings. The Morgan fingerprint density at radius 2 is 1.91 bits per heavy atom. The second-order valence-corrected chi connectivity index (χ2v) is 9.25. The minimum atomic E-state index is -0.655. The van der Waals surface area contributed by atoms with Crippen molar-refractivity contribution in [1.29, 1.82) is 0 Å². The van der Waals surface area contributed by atoms with E-state index in [9.17, 15) is 14.4 Å². The standard InChI is InChI=1S/C23H29ClN4O4/c1-14(2)12-17(21(29)27-8-10-32-11-9-27)28-13-18-19(22(28)30)20(25-23(31)26(18)3)15-6-4-5-7-16(15)24/h4-7,14,17,20H,8-13H2,1-3H3,(H,25,31)/t17-,20+/m0/s1. The van der Waals surface area contributed by atoms with Crippen molar-refractivity contribution in [2.24, 2.45) is 5.92 Å². The van der Waals surface area contributed by atoms with E-state index in [1.54, 1.807) is 29.0 Å². The fourth-order valence-electron chi connectivity index (χ4n) is 4.58. The Labute approximate surface area is 193 Å². The van der Waals surface area contributed by atoms with Gasteiger partial charge in [0.1, 0.15) is 6.04 Å². The van der Waals surface area contributed by atoms with E-state index in [0.29, 0.717) is 54.6 Å². The Morgan fingerprint density at radius 3 is 2.56 bits per heavy atom. The predicted molar refractivity (Wildman–Crippen MR) is 120 cm³/mol. The number of carbonyl (C=O) groups excluding carboxylic acids is 3. The zero-order valence-corrected chi connectivity index (χ0v) is 19.4. The number of nitrogens with one attached hydrogen (secondary N) is 1. The number of ether oxygens (including phenoxy) is 1. The van der Waals surface area contributed by atoms with Crippen molar-refractivity contribution in [2.75, 3.05) is 39.9 Å². The lowest BCUT2D eigenvalue weighted by atomic mass is 9.95. The average Bonchev–Trinajstić information content (AvgIpc) is 3.12. The zero-order valence-electron chi connectivity index (χ0n) is 18.6. The lowest BCUT2D eigenvalue weighted by Crippen LogP contribution is -2.53. The molecule has 0 aliphatic carbocycles. The molecule has 1 aromatic rings. The summed E-state index contributed by atoms with van der Waals surface area (Å²) >= 11 is 6.41. The lowest BCUT2D eigenvalue weighted by molar-refractivity contribution is -0.146. The second-order valence-electron chi connectivity index (χ2n) is 8.84. The largest absolute Gasteiger partial charge is 0.378 e. The molecule has 0 spiro atoms. The van der Waals surface area contributed by atoms with Gasteiger partial charge < -0.3 is 19.9 Å². The number of rotatable bonds is 5. The van der Waals surface area contributed by atoms with E-state index >= 15 is 0 Å². The highest BCUT2D eigenvalue weighted by Crippen LogP contribution is 2.39. The number of likely N-dealkylation sites (N-methyl/N-ethyl adjacent to an activating group) is 1. The van der Waals surface area contributed by atoms with Crippen LogP contribution in [0.1, 0.15) is 31.9 Å². The Bertz CT molecular complexity index is 957. The number of benzene rings is 1. The molecule has 1 aromatic carbocycles. The maximum atomic E-state index is 13.7. The first-order valence-electron chi connectivity index (χ1n) is 11.0. The molecule has 1 fully saturated rings. The summed E-state index contributed by atoms with van der Waals surface area (Å²) < 4.78 is 5.39. The minimum Gasteiger partial charge on any atom is -0.378 e. The summed E-state index contributed by atoms with van der Waals surface area (Å²) in [4.78, 5) is 44.8. The average molecular weight is 461 g/mol. The third kappa shape index (κ3) is 4.09. The van der Waals surface area contributed by atoms with Crippen molar-refractivity contribution in [3.63, 3.8) is 0 Å². The normalized spacial score (nSPS) is 22.4. The predicted octanol–water partition coefficient (Wildman–Crippen LogP) is 2.41. The summed E-state index contributed by atoms with van der Waals surface area (Å²) in [5.74, 6) is -0.0808. The van der Waals surface area contributed by atoms with E-state index in [0.717, 1.165) is 0 Å². The Morgan fingerprint density at radius 1 is 1.22 bits per heavy atom. The molecular weight excluding hydrogens is 432 g/mol. The maximum absolute atomic E-state index is 13.7. The minimum absolute atomic E-state index is 0.0635. The molecule has 3 heterocycles. The van der Waals surface area contributed by atoms with Crippen LogP contribution in [-0.4, -0.2) is 78.5 Å². The summed E-state index contributed by atoms with van der Waals surface area (Å²) in [6.45, 7) is 6.33. The van der Waals surface area contributed by atoms with Crippen molar-refractivity contribution in [1.82, 2.24) is 20.0 Å². The molecule has 0 radical (unpaired) electrons. The van der Waals surface area contributed by atoms with Gasteiger partial charge in [0.05, 0.1) is 37.1 Å². The Kier molecular flexibility index (Phi) is 6.44. The summed E-state index contributed by atoms with van der Waals surface area (Å²) in [6.07, 6.45) is 0.546. The van der Waals surface area contributed by atoms with Crippen molar-refractivity contribution < 1.29 is 19.1 Å². The van der Waals surface area contributed by atoms with E-state index in [1.807, 2.05) is 26.0 Å². The highest BCUT2D eigenvalue weighted by Gasteiger charge is 2.47. The number of hydrogen-bond acceptors (Lipinski definition) is 4. The van der Waals surface area contributed by atoms with E-state index in [4.69, 9.17) is 16.3 Å². The first-order valence-corrected chi connectivity index (χ1v) is 11.4. The number of urea groups is 1. The van der Waals surface area contributed by atoms with Crippen LogP contribution in [-0.2, 0) is 14.3 Å². The quantitative estimate of drug-likeness (QED) is 0.731. The number of hydrogen-bond donors (Lipinski definition) is 1. The molecule has 0 bridgehead atoms. The van der Waals surface area contributed by atoms with Crippen LogP contribution < -0.4 is 5.32 Å². The number of morpholine rings is 1. The topological polar surface area (TPSA) is 82.2 Å².